The van der Waals surface area contributed by atoms with E-state index in [0.717, 1.165) is 10.4 Å². The topological polar surface area (TPSA) is 9.23 Å². The van der Waals surface area contributed by atoms with Crippen molar-refractivity contribution in [3.63, 3.8) is 0 Å². The number of benzene rings is 6. The molecule has 0 aliphatic carbocycles. The quantitative estimate of drug-likeness (QED) is 0.0843. The van der Waals surface area contributed by atoms with Crippen LogP contribution in [0.2, 0.25) is 26.2 Å². The van der Waals surface area contributed by atoms with Gasteiger partial charge in [0.2, 0.25) is 11.6 Å². The molecule has 0 unspecified atom stereocenters. The van der Waals surface area contributed by atoms with Crippen LogP contribution in [0.5, 0.6) is 11.5 Å². The lowest BCUT2D eigenvalue weighted by atomic mass is 10.3. The highest BCUT2D eigenvalue weighted by Crippen LogP contribution is 2.32. The van der Waals surface area contributed by atoms with Crippen molar-refractivity contribution in [3.8, 4) is 11.5 Å². The molecule has 1 aliphatic rings. The second-order valence-electron chi connectivity index (χ2n) is 14.1. The van der Waals surface area contributed by atoms with Crippen LogP contribution in [0.4, 0.5) is 43.9 Å². The summed E-state index contributed by atoms with van der Waals surface area (Å²) in [5.74, 6) is -20.8. The zero-order valence-electron chi connectivity index (χ0n) is 28.9. The molecule has 0 saturated carbocycles. The highest BCUT2D eigenvalue weighted by molar-refractivity contribution is 7.21. The molecule has 276 valence electrons. The minimum absolute atomic E-state index is 0.0413. The van der Waals surface area contributed by atoms with Gasteiger partial charge in [0.05, 0.1) is 0 Å². The Bertz CT molecular complexity index is 2260. The summed E-state index contributed by atoms with van der Waals surface area (Å²) in [7, 11) is -11.7. The van der Waals surface area contributed by atoms with Crippen LogP contribution in [0, 0.1) is 58.2 Å². The maximum atomic E-state index is 15.6. The van der Waals surface area contributed by atoms with E-state index in [9.17, 15) is 26.3 Å². The number of halogens is 10. The third-order valence-corrected chi connectivity index (χ3v) is 22.1. The molecule has 1 nitrogen and oxygen atoms in total. The Balaban J connectivity index is 1.64. The summed E-state index contributed by atoms with van der Waals surface area (Å²) in [5, 5.41) is 0.927. The first kappa shape index (κ1) is 37.4. The number of ether oxygens (including phenoxy) is 1. The van der Waals surface area contributed by atoms with Gasteiger partial charge in [0.15, 0.2) is 54.6 Å². The summed E-state index contributed by atoms with van der Waals surface area (Å²) >= 11 is 0. The lowest BCUT2D eigenvalue weighted by Gasteiger charge is -2.43. The summed E-state index contributed by atoms with van der Waals surface area (Å²) in [6.07, 6.45) is 0. The minimum atomic E-state index is -4.01. The Kier molecular flexibility index (Phi) is 9.09. The molecule has 7 rings (SSSR count). The summed E-state index contributed by atoms with van der Waals surface area (Å²) < 4.78 is 157. The summed E-state index contributed by atoms with van der Waals surface area (Å²) in [5.41, 5.74) is 0. The summed E-state index contributed by atoms with van der Waals surface area (Å²) in [4.78, 5) is 0. The average Bonchev–Trinajstić information content (AvgIpc) is 3.17. The zero-order valence-corrected chi connectivity index (χ0v) is 31.9. The van der Waals surface area contributed by atoms with Gasteiger partial charge < -0.3 is 4.74 Å². The zero-order chi connectivity index (χ0) is 39.1. The van der Waals surface area contributed by atoms with Crippen LogP contribution in [0.15, 0.2) is 97.1 Å². The van der Waals surface area contributed by atoms with Crippen molar-refractivity contribution in [3.05, 3.63) is 155 Å². The number of para-hydroxylation sites is 2. The highest BCUT2D eigenvalue weighted by Gasteiger charge is 2.52. The standard InChI is InChI=1S/C40H28F10OSi3/c1-52(2,39-33(47)29(43)27(41)30(44)34(39)48)23-17-11-19-25-37(23)51-38-24(53(3,4)40-35(49)31(45)28(42)32(46)36(40)50)18-12-20-26(38)54(25,21-13-7-5-8-14-21)22-15-9-6-10-16-22/h5-20H,1-4H3. The van der Waals surface area contributed by atoms with Crippen LogP contribution < -0.4 is 46.2 Å². The van der Waals surface area contributed by atoms with Gasteiger partial charge in [-0.15, -0.1) is 0 Å². The van der Waals surface area contributed by atoms with Gasteiger partial charge in [0.25, 0.3) is 0 Å². The molecule has 6 aromatic rings. The lowest BCUT2D eigenvalue weighted by molar-refractivity contribution is 0.383. The molecule has 0 N–H and O–H groups in total. The normalized spacial score (nSPS) is 13.7. The maximum absolute atomic E-state index is 15.6. The van der Waals surface area contributed by atoms with Crippen LogP contribution >= 0.6 is 0 Å². The van der Waals surface area contributed by atoms with Crippen molar-refractivity contribution in [1.29, 1.82) is 0 Å². The first-order valence-corrected chi connectivity index (χ1v) is 24.6. The largest absolute Gasteiger partial charge is 0.458 e. The van der Waals surface area contributed by atoms with E-state index in [1.165, 1.54) is 38.3 Å². The van der Waals surface area contributed by atoms with Crippen molar-refractivity contribution in [2.24, 2.45) is 0 Å². The van der Waals surface area contributed by atoms with Gasteiger partial charge in [0.1, 0.15) is 27.6 Å². The van der Waals surface area contributed by atoms with E-state index in [-0.39, 0.29) is 21.9 Å². The molecule has 0 atom stereocenters. The van der Waals surface area contributed by atoms with Crippen molar-refractivity contribution in [2.75, 3.05) is 0 Å². The SMILES string of the molecule is C[Si](C)(c1cccc2c1Oc1c([Si](C)(C)c3c(F)c(F)c(F)c(F)c3F)cccc1[Si]2(c1ccccc1)c1ccccc1)c1c(F)c(F)c(F)c(F)c1F. The van der Waals surface area contributed by atoms with E-state index in [4.69, 9.17) is 4.74 Å². The van der Waals surface area contributed by atoms with Gasteiger partial charge in [0, 0.05) is 10.4 Å². The smallest absolute Gasteiger partial charge is 0.200 e. The van der Waals surface area contributed by atoms with Crippen LogP contribution in [0.25, 0.3) is 0 Å². The van der Waals surface area contributed by atoms with Gasteiger partial charge in [-0.2, -0.15) is 0 Å². The third-order valence-electron chi connectivity index (χ3n) is 10.5. The van der Waals surface area contributed by atoms with E-state index < -0.39 is 92.8 Å². The van der Waals surface area contributed by atoms with Crippen LogP contribution in [-0.2, 0) is 0 Å². The van der Waals surface area contributed by atoms with Gasteiger partial charge in [-0.05, 0) is 31.1 Å². The first-order chi connectivity index (χ1) is 25.5. The predicted molar refractivity (Wildman–Crippen MR) is 196 cm³/mol. The molecule has 0 radical (unpaired) electrons. The molecule has 14 heteroatoms. The summed E-state index contributed by atoms with van der Waals surface area (Å²) in [6.45, 7) is 5.64. The molecule has 54 heavy (non-hydrogen) atoms. The van der Waals surface area contributed by atoms with Crippen molar-refractivity contribution < 1.29 is 48.6 Å². The predicted octanol–water partition coefficient (Wildman–Crippen LogP) is 6.21. The van der Waals surface area contributed by atoms with Crippen LogP contribution in [0.1, 0.15) is 0 Å². The van der Waals surface area contributed by atoms with Gasteiger partial charge >= 0.3 is 0 Å². The van der Waals surface area contributed by atoms with Crippen LogP contribution in [-0.4, -0.2) is 24.2 Å². The number of fused-ring (bicyclic) bond motifs is 2. The lowest BCUT2D eigenvalue weighted by Crippen LogP contribution is -2.78. The molecule has 0 spiro atoms. The van der Waals surface area contributed by atoms with Crippen molar-refractivity contribution >= 4 is 65.7 Å². The Hall–Kier alpha value is -4.93. The second-order valence-corrected chi connectivity index (χ2v) is 26.4. The maximum Gasteiger partial charge on any atom is 0.200 e. The minimum Gasteiger partial charge on any atom is -0.458 e. The Morgan fingerprint density at radius 1 is 0.370 bits per heavy atom. The molecular formula is C40H28F10OSi3. The fourth-order valence-electron chi connectivity index (χ4n) is 7.86. The van der Waals surface area contributed by atoms with E-state index in [0.29, 0.717) is 10.4 Å². The Morgan fingerprint density at radius 3 is 0.981 bits per heavy atom. The molecule has 0 amide bonds. The van der Waals surface area contributed by atoms with Gasteiger partial charge in [-0.1, -0.05) is 123 Å². The molecule has 1 heterocycles. The molecule has 0 fully saturated rings. The molecule has 0 bridgehead atoms. The Labute approximate surface area is 306 Å². The third kappa shape index (κ3) is 5.17. The van der Waals surface area contributed by atoms with Gasteiger partial charge in [-0.25, -0.2) is 43.9 Å². The molecular weight excluding hydrogens is 771 g/mol. The molecule has 6 aromatic carbocycles. The van der Waals surface area contributed by atoms with E-state index >= 15 is 17.6 Å². The van der Waals surface area contributed by atoms with Gasteiger partial charge in [-0.3, -0.25) is 0 Å². The average molecular weight is 799 g/mol. The number of rotatable bonds is 6. The van der Waals surface area contributed by atoms with Crippen molar-refractivity contribution in [1.82, 2.24) is 0 Å². The second kappa shape index (κ2) is 13.1. The number of hydrogen-bond donors (Lipinski definition) is 0. The summed E-state index contributed by atoms with van der Waals surface area (Å²) in [6, 6.07) is 28.0. The fourth-order valence-corrected chi connectivity index (χ4v) is 18.8. The highest BCUT2D eigenvalue weighted by atomic mass is 28.3. The van der Waals surface area contributed by atoms with E-state index in [1.54, 1.807) is 60.7 Å². The fraction of sp³-hybridized carbons (Fsp3) is 0.100. The molecule has 1 aliphatic heterocycles. The van der Waals surface area contributed by atoms with E-state index in [2.05, 4.69) is 0 Å². The first-order valence-electron chi connectivity index (χ1n) is 16.6. The monoisotopic (exact) mass is 798 g/mol. The molecule has 0 saturated heterocycles. The number of hydrogen-bond acceptors (Lipinski definition) is 1. The van der Waals surface area contributed by atoms with Crippen molar-refractivity contribution in [2.45, 2.75) is 26.2 Å². The molecule has 0 aromatic heterocycles. The van der Waals surface area contributed by atoms with Crippen LogP contribution in [0.3, 0.4) is 0 Å². The Morgan fingerprint density at radius 2 is 0.667 bits per heavy atom. The van der Waals surface area contributed by atoms with E-state index in [1.807, 2.05) is 24.3 Å².